The maximum absolute atomic E-state index is 4.12. The van der Waals surface area contributed by atoms with Gasteiger partial charge in [0.2, 0.25) is 0 Å². The largest absolute Gasteiger partial charge is 0.0987 e. The van der Waals surface area contributed by atoms with Crippen LogP contribution in [0.2, 0.25) is 0 Å². The number of fused-ring (bicyclic) bond motifs is 3. The summed E-state index contributed by atoms with van der Waals surface area (Å²) in [4.78, 5) is 0. The zero-order valence-corrected chi connectivity index (χ0v) is 27.3. The van der Waals surface area contributed by atoms with Crippen LogP contribution in [0.1, 0.15) is 120 Å². The zero-order chi connectivity index (χ0) is 30.0. The van der Waals surface area contributed by atoms with Crippen molar-refractivity contribution in [2.75, 3.05) is 0 Å². The molecular formula is C38H60. The molecular weight excluding hydrogens is 456 g/mol. The van der Waals surface area contributed by atoms with E-state index in [4.69, 9.17) is 0 Å². The average Bonchev–Trinajstić information content (AvgIpc) is 3.34. The van der Waals surface area contributed by atoms with Crippen LogP contribution < -0.4 is 0 Å². The van der Waals surface area contributed by atoms with E-state index in [2.05, 4.69) is 112 Å². The highest BCUT2D eigenvalue weighted by molar-refractivity contribution is 5.86. The first-order valence-corrected chi connectivity index (χ1v) is 15.3. The number of hydrogen-bond donors (Lipinski definition) is 0. The van der Waals surface area contributed by atoms with Crippen LogP contribution >= 0.6 is 0 Å². The lowest BCUT2D eigenvalue weighted by Gasteiger charge is -2.34. The first-order valence-electron chi connectivity index (χ1n) is 15.3. The minimum absolute atomic E-state index is 0.287. The fourth-order valence-corrected chi connectivity index (χ4v) is 4.20. The maximum Gasteiger partial charge on any atom is 0.0710 e. The second-order valence-electron chi connectivity index (χ2n) is 7.16. The van der Waals surface area contributed by atoms with E-state index in [-0.39, 0.29) is 5.41 Å². The van der Waals surface area contributed by atoms with Crippen molar-refractivity contribution >= 4 is 0 Å². The van der Waals surface area contributed by atoms with Gasteiger partial charge in [-0.3, -0.25) is 0 Å². The molecule has 0 spiro atoms. The molecule has 0 aromatic heterocycles. The van der Waals surface area contributed by atoms with Crippen molar-refractivity contribution in [3.05, 3.63) is 120 Å². The fraction of sp³-hybridized carbons (Fsp3) is 0.421. The van der Waals surface area contributed by atoms with Crippen molar-refractivity contribution in [3.8, 4) is 11.1 Å². The van der Waals surface area contributed by atoms with Crippen LogP contribution in [0.4, 0.5) is 0 Å². The molecule has 0 atom stereocenters. The van der Waals surface area contributed by atoms with Gasteiger partial charge in [0.15, 0.2) is 0 Å². The summed E-state index contributed by atoms with van der Waals surface area (Å²) in [6.07, 6.45) is 6.84. The van der Waals surface area contributed by atoms with Gasteiger partial charge in [0, 0.05) is 0 Å². The Bertz CT molecular complexity index is 913. The van der Waals surface area contributed by atoms with Gasteiger partial charge in [0.05, 0.1) is 5.41 Å². The highest BCUT2D eigenvalue weighted by atomic mass is 14.5. The molecule has 3 aromatic rings. The third-order valence-electron chi connectivity index (χ3n) is 5.62. The molecule has 3 aromatic carbocycles. The summed E-state index contributed by atoms with van der Waals surface area (Å²) in [5, 5.41) is 0. The molecule has 0 aliphatic heterocycles. The van der Waals surface area contributed by atoms with Gasteiger partial charge in [-0.2, -0.15) is 0 Å². The van der Waals surface area contributed by atoms with Gasteiger partial charge in [0.25, 0.3) is 0 Å². The molecule has 212 valence electrons. The van der Waals surface area contributed by atoms with Gasteiger partial charge in [-0.25, -0.2) is 0 Å². The predicted molar refractivity (Wildman–Crippen MR) is 179 cm³/mol. The Morgan fingerprint density at radius 2 is 0.921 bits per heavy atom. The Labute approximate surface area is 238 Å². The summed E-state index contributed by atoms with van der Waals surface area (Å²) in [6.45, 7) is 30.6. The van der Waals surface area contributed by atoms with Crippen LogP contribution in [0.25, 0.3) is 11.1 Å². The molecule has 1 aliphatic rings. The van der Waals surface area contributed by atoms with Crippen LogP contribution in [0.15, 0.2) is 103 Å². The Balaban J connectivity index is -0.000000754. The van der Waals surface area contributed by atoms with Crippen LogP contribution in [-0.4, -0.2) is 0 Å². The van der Waals surface area contributed by atoms with Gasteiger partial charge in [-0.15, -0.1) is 0 Å². The molecule has 0 heterocycles. The molecule has 38 heavy (non-hydrogen) atoms. The van der Waals surface area contributed by atoms with Gasteiger partial charge in [0.1, 0.15) is 0 Å². The van der Waals surface area contributed by atoms with Crippen LogP contribution in [0, 0.1) is 0 Å². The quantitative estimate of drug-likeness (QED) is 0.302. The third kappa shape index (κ3) is 9.46. The van der Waals surface area contributed by atoms with E-state index in [0.717, 1.165) is 0 Å². The zero-order valence-electron chi connectivity index (χ0n) is 27.3. The Morgan fingerprint density at radius 3 is 1.24 bits per heavy atom. The standard InChI is InChI=1S/C24H20.C4H10.5C2H6/c1-3-18(4-2)24(19-12-6-5-7-13-19)22-16-10-8-14-20(22)21-15-9-11-17-23(21)24;1-3-4-2;5*1-2/h3-17H,1H2,2H3;3-4H2,1-2H3;5*1-2H3/b18-4+;;;;;;. The molecule has 0 amide bonds. The number of hydrogen-bond acceptors (Lipinski definition) is 0. The van der Waals surface area contributed by atoms with E-state index in [1.807, 2.05) is 75.3 Å². The van der Waals surface area contributed by atoms with Crippen LogP contribution in [-0.2, 0) is 5.41 Å². The lowest BCUT2D eigenvalue weighted by atomic mass is 9.67. The Morgan fingerprint density at radius 1 is 0.579 bits per heavy atom. The molecule has 1 aliphatic carbocycles. The first-order chi connectivity index (χ1) is 18.7. The second-order valence-corrected chi connectivity index (χ2v) is 7.16. The smallest absolute Gasteiger partial charge is 0.0710 e. The number of unbranched alkanes of at least 4 members (excludes halogenated alkanes) is 1. The molecule has 0 nitrogen and oxygen atoms in total. The third-order valence-corrected chi connectivity index (χ3v) is 5.62. The molecule has 0 fully saturated rings. The minimum atomic E-state index is -0.287. The Kier molecular flexibility index (Phi) is 26.9. The lowest BCUT2D eigenvalue weighted by Crippen LogP contribution is -2.28. The number of rotatable bonds is 4. The first kappa shape index (κ1) is 39.6. The van der Waals surface area contributed by atoms with Gasteiger partial charge >= 0.3 is 0 Å². The SMILES string of the molecule is C=C/C(=C\C)C1(c2ccccc2)c2ccccc2-c2ccccc21.CC.CC.CC.CC.CC.CCCC. The normalized spacial score (nSPS) is 10.9. The number of benzene rings is 3. The van der Waals surface area contributed by atoms with E-state index in [1.165, 1.54) is 46.2 Å². The van der Waals surface area contributed by atoms with Crippen LogP contribution in [0.5, 0.6) is 0 Å². The van der Waals surface area contributed by atoms with Crippen molar-refractivity contribution in [2.24, 2.45) is 0 Å². The average molecular weight is 517 g/mol. The van der Waals surface area contributed by atoms with Crippen molar-refractivity contribution < 1.29 is 0 Å². The highest BCUT2D eigenvalue weighted by Gasteiger charge is 2.45. The lowest BCUT2D eigenvalue weighted by molar-refractivity contribution is 0.765. The Hall–Kier alpha value is -2.86. The molecule has 4 rings (SSSR count). The van der Waals surface area contributed by atoms with E-state index in [0.29, 0.717) is 0 Å². The van der Waals surface area contributed by atoms with Crippen molar-refractivity contribution in [2.45, 2.75) is 108 Å². The van der Waals surface area contributed by atoms with E-state index in [1.54, 1.807) is 0 Å². The van der Waals surface area contributed by atoms with E-state index < -0.39 is 0 Å². The van der Waals surface area contributed by atoms with Gasteiger partial charge in [-0.05, 0) is 40.3 Å². The molecule has 0 saturated carbocycles. The van der Waals surface area contributed by atoms with Crippen molar-refractivity contribution in [1.29, 1.82) is 0 Å². The molecule has 0 saturated heterocycles. The van der Waals surface area contributed by atoms with Crippen LogP contribution in [0.3, 0.4) is 0 Å². The predicted octanol–water partition coefficient (Wildman–Crippen LogP) is 13.1. The van der Waals surface area contributed by atoms with Gasteiger partial charge < -0.3 is 0 Å². The van der Waals surface area contributed by atoms with Gasteiger partial charge in [-0.1, -0.05) is 194 Å². The molecule has 0 bridgehead atoms. The topological polar surface area (TPSA) is 0 Å². The summed E-state index contributed by atoms with van der Waals surface area (Å²) in [5.74, 6) is 0. The second kappa shape index (κ2) is 25.8. The molecule has 0 radical (unpaired) electrons. The van der Waals surface area contributed by atoms with Crippen molar-refractivity contribution in [1.82, 2.24) is 0 Å². The fourth-order valence-electron chi connectivity index (χ4n) is 4.20. The maximum atomic E-state index is 4.12. The minimum Gasteiger partial charge on any atom is -0.0987 e. The summed E-state index contributed by atoms with van der Waals surface area (Å²) < 4.78 is 0. The highest BCUT2D eigenvalue weighted by Crippen LogP contribution is 2.56. The molecule has 0 heteroatoms. The molecule has 0 unspecified atom stereocenters. The number of allylic oxidation sites excluding steroid dienone is 3. The van der Waals surface area contributed by atoms with Crippen molar-refractivity contribution in [3.63, 3.8) is 0 Å². The summed E-state index contributed by atoms with van der Waals surface area (Å²) >= 11 is 0. The summed E-state index contributed by atoms with van der Waals surface area (Å²) in [6, 6.07) is 28.3. The monoisotopic (exact) mass is 516 g/mol. The van der Waals surface area contributed by atoms with E-state index in [9.17, 15) is 0 Å². The summed E-state index contributed by atoms with van der Waals surface area (Å²) in [5.41, 5.74) is 7.54. The van der Waals surface area contributed by atoms with E-state index >= 15 is 0 Å². The molecule has 0 N–H and O–H groups in total. The summed E-state index contributed by atoms with van der Waals surface area (Å²) in [7, 11) is 0.